The molecule has 92 valence electrons. The van der Waals surface area contributed by atoms with Crippen LogP contribution in [0.2, 0.25) is 0 Å². The maximum Gasteiger partial charge on any atom is 0.506 e. The van der Waals surface area contributed by atoms with Crippen molar-refractivity contribution in [2.24, 2.45) is 0 Å². The minimum atomic E-state index is -4.03. The maximum atomic E-state index is 12.0. The summed E-state index contributed by atoms with van der Waals surface area (Å²) in [5.74, 6) is 0. The van der Waals surface area contributed by atoms with Crippen molar-refractivity contribution >= 4 is 7.82 Å². The van der Waals surface area contributed by atoms with Crippen molar-refractivity contribution in [3.05, 3.63) is 0 Å². The van der Waals surface area contributed by atoms with Gasteiger partial charge in [0.1, 0.15) is 0 Å². The highest BCUT2D eigenvalue weighted by Crippen LogP contribution is 2.53. The summed E-state index contributed by atoms with van der Waals surface area (Å²) in [6.45, 7) is 5.74. The smallest absolute Gasteiger partial charge is 0.289 e. The number of rotatable bonds is 8. The highest BCUT2D eigenvalue weighted by Gasteiger charge is 2.37. The summed E-state index contributed by atoms with van der Waals surface area (Å²) in [6.07, 6.45) is 3.06. The van der Waals surface area contributed by atoms with E-state index in [9.17, 15) is 9.09 Å². The molecule has 0 aromatic carbocycles. The Morgan fingerprint density at radius 1 is 1.27 bits per heavy atom. The fourth-order valence-corrected chi connectivity index (χ4v) is 2.50. The van der Waals surface area contributed by atoms with Gasteiger partial charge in [-0.05, 0) is 24.3 Å². The molecule has 15 heavy (non-hydrogen) atoms. The van der Waals surface area contributed by atoms with Gasteiger partial charge in [-0.3, -0.25) is 9.05 Å². The van der Waals surface area contributed by atoms with Crippen LogP contribution in [-0.4, -0.2) is 12.7 Å². The normalized spacial score (nSPS) is 16.3. The summed E-state index contributed by atoms with van der Waals surface area (Å²) in [4.78, 5) is 0. The molecule has 6 heteroatoms. The lowest BCUT2D eigenvalue weighted by Gasteiger charge is -2.30. The molecule has 0 saturated heterocycles. The van der Waals surface area contributed by atoms with Crippen molar-refractivity contribution in [1.29, 1.82) is 0 Å². The van der Waals surface area contributed by atoms with E-state index in [0.29, 0.717) is 12.8 Å². The van der Waals surface area contributed by atoms with Gasteiger partial charge in [0.05, 0.1) is 5.60 Å². The predicted molar refractivity (Wildman–Crippen MR) is 56.1 cm³/mol. The molecule has 0 heterocycles. The first kappa shape index (κ1) is 15.0. The number of hydrogen-bond acceptors (Lipinski definition) is 4. The molecule has 0 N–H and O–H groups in total. The highest BCUT2D eigenvalue weighted by molar-refractivity contribution is 7.48. The van der Waals surface area contributed by atoms with Crippen LogP contribution in [-0.2, 0) is 18.3 Å². The SMILES string of the molecule is CCCC(C)(CCC)OP(=O)(OC)OF. The zero-order valence-electron chi connectivity index (χ0n) is 9.79. The van der Waals surface area contributed by atoms with E-state index in [4.69, 9.17) is 4.52 Å². The van der Waals surface area contributed by atoms with Crippen molar-refractivity contribution in [3.8, 4) is 0 Å². The van der Waals surface area contributed by atoms with Crippen LogP contribution in [0.4, 0.5) is 4.53 Å². The zero-order valence-corrected chi connectivity index (χ0v) is 10.7. The molecule has 0 spiro atoms. The summed E-state index contributed by atoms with van der Waals surface area (Å²) in [5, 5.41) is 0. The number of halogens is 1. The standard InChI is InChI=1S/C9H20FO4P/c1-5-7-9(3,8-6-2)13-15(11,12-4)14-10/h5-8H2,1-4H3. The summed E-state index contributed by atoms with van der Waals surface area (Å²) in [7, 11) is -2.93. The van der Waals surface area contributed by atoms with Crippen molar-refractivity contribution in [1.82, 2.24) is 0 Å². The summed E-state index contributed by atoms with van der Waals surface area (Å²) < 4.78 is 36.4. The number of phosphoric ester groups is 1. The van der Waals surface area contributed by atoms with Gasteiger partial charge < -0.3 is 0 Å². The van der Waals surface area contributed by atoms with E-state index in [1.54, 1.807) is 6.92 Å². The molecule has 0 aliphatic rings. The van der Waals surface area contributed by atoms with Crippen LogP contribution in [0.1, 0.15) is 46.5 Å². The molecule has 4 nitrogen and oxygen atoms in total. The van der Waals surface area contributed by atoms with Gasteiger partial charge in [-0.2, -0.15) is 0 Å². The topological polar surface area (TPSA) is 44.8 Å². The van der Waals surface area contributed by atoms with Crippen LogP contribution in [0.3, 0.4) is 0 Å². The second-order valence-electron chi connectivity index (χ2n) is 3.74. The Morgan fingerprint density at radius 3 is 2.00 bits per heavy atom. The third-order valence-electron chi connectivity index (χ3n) is 2.20. The molecule has 0 bridgehead atoms. The second kappa shape index (κ2) is 6.59. The van der Waals surface area contributed by atoms with Crippen LogP contribution < -0.4 is 0 Å². The molecule has 0 aliphatic carbocycles. The molecule has 1 atom stereocenters. The first-order valence-corrected chi connectivity index (χ1v) is 6.58. The van der Waals surface area contributed by atoms with E-state index >= 15 is 0 Å². The minimum Gasteiger partial charge on any atom is -0.289 e. The Labute approximate surface area is 90.6 Å². The van der Waals surface area contributed by atoms with Crippen molar-refractivity contribution < 1.29 is 22.9 Å². The van der Waals surface area contributed by atoms with Crippen LogP contribution in [0, 0.1) is 0 Å². The fourth-order valence-electron chi connectivity index (χ4n) is 1.62. The largest absolute Gasteiger partial charge is 0.506 e. The lowest BCUT2D eigenvalue weighted by atomic mass is 9.95. The Kier molecular flexibility index (Phi) is 6.60. The van der Waals surface area contributed by atoms with E-state index in [1.807, 2.05) is 13.8 Å². The van der Waals surface area contributed by atoms with Crippen LogP contribution in [0.25, 0.3) is 0 Å². The summed E-state index contributed by atoms with van der Waals surface area (Å²) in [5.41, 5.74) is -0.666. The zero-order chi connectivity index (χ0) is 11.9. The fraction of sp³-hybridized carbons (Fsp3) is 1.00. The van der Waals surface area contributed by atoms with E-state index in [2.05, 4.69) is 9.25 Å². The van der Waals surface area contributed by atoms with E-state index < -0.39 is 13.4 Å². The van der Waals surface area contributed by atoms with Crippen molar-refractivity contribution in [3.63, 3.8) is 0 Å². The molecule has 0 amide bonds. The monoisotopic (exact) mass is 242 g/mol. The second-order valence-corrected chi connectivity index (χ2v) is 5.32. The van der Waals surface area contributed by atoms with Gasteiger partial charge in [0.25, 0.3) is 0 Å². The summed E-state index contributed by atoms with van der Waals surface area (Å²) >= 11 is 0. The highest BCUT2D eigenvalue weighted by atomic mass is 31.2. The van der Waals surface area contributed by atoms with Crippen LogP contribution in [0.5, 0.6) is 0 Å². The first-order valence-electron chi connectivity index (χ1n) is 5.12. The number of hydrogen-bond donors (Lipinski definition) is 0. The Bertz CT molecular complexity index is 208. The molecule has 0 aromatic rings. The molecule has 0 fully saturated rings. The van der Waals surface area contributed by atoms with E-state index in [1.165, 1.54) is 0 Å². The Balaban J connectivity index is 4.58. The van der Waals surface area contributed by atoms with Crippen molar-refractivity contribution in [2.75, 3.05) is 7.11 Å². The first-order chi connectivity index (χ1) is 6.95. The average Bonchev–Trinajstić information content (AvgIpc) is 2.18. The lowest BCUT2D eigenvalue weighted by Crippen LogP contribution is -2.27. The van der Waals surface area contributed by atoms with E-state index in [-0.39, 0.29) is 0 Å². The molecule has 0 aromatic heterocycles. The average molecular weight is 242 g/mol. The van der Waals surface area contributed by atoms with Gasteiger partial charge in [-0.25, -0.2) is 4.57 Å². The van der Waals surface area contributed by atoms with Gasteiger partial charge in [-0.1, -0.05) is 31.4 Å². The molecular weight excluding hydrogens is 222 g/mol. The Hall–Kier alpha value is 0.0400. The molecular formula is C9H20FO4P. The molecule has 0 aliphatic heterocycles. The summed E-state index contributed by atoms with van der Waals surface area (Å²) in [6, 6.07) is 0. The van der Waals surface area contributed by atoms with Crippen molar-refractivity contribution in [2.45, 2.75) is 52.1 Å². The predicted octanol–water partition coefficient (Wildman–Crippen LogP) is 4.02. The van der Waals surface area contributed by atoms with Gasteiger partial charge in [0.2, 0.25) is 0 Å². The lowest BCUT2D eigenvalue weighted by molar-refractivity contribution is -0.0795. The third-order valence-corrected chi connectivity index (χ3v) is 3.48. The van der Waals surface area contributed by atoms with Gasteiger partial charge in [-0.15, -0.1) is 0 Å². The van der Waals surface area contributed by atoms with Gasteiger partial charge in [0, 0.05) is 7.11 Å². The molecule has 0 radical (unpaired) electrons. The minimum absolute atomic E-state index is 0.666. The van der Waals surface area contributed by atoms with Crippen LogP contribution in [0.15, 0.2) is 0 Å². The quantitative estimate of drug-likeness (QED) is 0.603. The molecule has 1 unspecified atom stereocenters. The van der Waals surface area contributed by atoms with Crippen LogP contribution >= 0.6 is 7.82 Å². The van der Waals surface area contributed by atoms with Gasteiger partial charge in [0.15, 0.2) is 0 Å². The van der Waals surface area contributed by atoms with E-state index in [0.717, 1.165) is 20.0 Å². The van der Waals surface area contributed by atoms with Gasteiger partial charge >= 0.3 is 7.82 Å². The molecule has 0 rings (SSSR count). The molecule has 0 saturated carbocycles. The third kappa shape index (κ3) is 5.07. The number of phosphoric acid groups is 1. The maximum absolute atomic E-state index is 12.0. The Morgan fingerprint density at radius 2 is 1.73 bits per heavy atom.